The Morgan fingerprint density at radius 1 is 1.63 bits per heavy atom. The number of hydrogen-bond donors (Lipinski definition) is 2. The average Bonchev–Trinajstić information content (AvgIpc) is 3.06. The van der Waals surface area contributed by atoms with Gasteiger partial charge in [-0.05, 0) is 32.3 Å². The largest absolute Gasteiger partial charge is 0.481 e. The maximum Gasteiger partial charge on any atom is 0.312 e. The molecule has 2 aromatic heterocycles. The maximum absolute atomic E-state index is 11.3. The molecule has 0 spiro atoms. The summed E-state index contributed by atoms with van der Waals surface area (Å²) in [6.07, 6.45) is 6.03. The zero-order chi connectivity index (χ0) is 13.4. The number of aliphatic carboxylic acids is 1. The number of H-pyrrole nitrogens is 1. The summed E-state index contributed by atoms with van der Waals surface area (Å²) in [5.41, 5.74) is 1.67. The number of carbonyl (C=O) groups is 1. The van der Waals surface area contributed by atoms with E-state index in [4.69, 9.17) is 0 Å². The molecule has 1 aliphatic carbocycles. The Balaban J connectivity index is 1.95. The fraction of sp³-hybridized carbons (Fsp3) is 0.462. The zero-order valence-corrected chi connectivity index (χ0v) is 10.7. The van der Waals surface area contributed by atoms with Crippen LogP contribution in [0.1, 0.15) is 48.9 Å². The summed E-state index contributed by atoms with van der Waals surface area (Å²) in [4.78, 5) is 19.0. The van der Waals surface area contributed by atoms with Crippen LogP contribution in [0, 0.1) is 0 Å². The number of imidazole rings is 1. The van der Waals surface area contributed by atoms with Gasteiger partial charge in [-0.2, -0.15) is 5.10 Å². The molecule has 0 bridgehead atoms. The van der Waals surface area contributed by atoms with Gasteiger partial charge in [0.25, 0.3) is 0 Å². The number of fused-ring (bicyclic) bond motifs is 1. The van der Waals surface area contributed by atoms with E-state index in [0.717, 1.165) is 24.4 Å². The summed E-state index contributed by atoms with van der Waals surface area (Å²) in [7, 11) is 0. The normalized spacial score (nSPS) is 19.9. The second-order valence-electron chi connectivity index (χ2n) is 4.93. The third-order valence-corrected chi connectivity index (χ3v) is 3.69. The minimum absolute atomic E-state index is 0.0185. The van der Waals surface area contributed by atoms with Crippen LogP contribution in [0.3, 0.4) is 0 Å². The van der Waals surface area contributed by atoms with E-state index in [-0.39, 0.29) is 6.04 Å². The predicted molar refractivity (Wildman–Crippen MR) is 67.9 cm³/mol. The van der Waals surface area contributed by atoms with Crippen LogP contribution in [0.25, 0.3) is 0 Å². The Kier molecular flexibility index (Phi) is 2.85. The van der Waals surface area contributed by atoms with Crippen LogP contribution in [-0.2, 0) is 11.2 Å². The molecule has 0 fully saturated rings. The summed E-state index contributed by atoms with van der Waals surface area (Å²) in [6, 6.07) is 1.84. The highest BCUT2D eigenvalue weighted by Crippen LogP contribution is 2.31. The Bertz CT molecular complexity index is 588. The van der Waals surface area contributed by atoms with E-state index in [1.54, 1.807) is 10.9 Å². The topological polar surface area (TPSA) is 83.8 Å². The summed E-state index contributed by atoms with van der Waals surface area (Å²) in [5.74, 6) is -0.480. The number of carboxylic acids is 1. The van der Waals surface area contributed by atoms with Crippen LogP contribution in [0.2, 0.25) is 0 Å². The van der Waals surface area contributed by atoms with Gasteiger partial charge in [-0.25, -0.2) is 4.98 Å². The minimum Gasteiger partial charge on any atom is -0.481 e. The first-order chi connectivity index (χ1) is 9.16. The third kappa shape index (κ3) is 2.03. The second-order valence-corrected chi connectivity index (χ2v) is 4.93. The molecule has 1 aliphatic rings. The van der Waals surface area contributed by atoms with Crippen molar-refractivity contribution in [2.24, 2.45) is 0 Å². The first kappa shape index (κ1) is 12.0. The second kappa shape index (κ2) is 4.53. The molecule has 2 heterocycles. The van der Waals surface area contributed by atoms with E-state index in [2.05, 4.69) is 15.1 Å². The average molecular weight is 260 g/mol. The van der Waals surface area contributed by atoms with Gasteiger partial charge < -0.3 is 10.1 Å². The van der Waals surface area contributed by atoms with Crippen LogP contribution in [0.5, 0.6) is 0 Å². The highest BCUT2D eigenvalue weighted by atomic mass is 16.4. The number of carboxylic acid groups (broad SMARTS) is 1. The molecular weight excluding hydrogens is 244 g/mol. The van der Waals surface area contributed by atoms with Crippen molar-refractivity contribution in [2.45, 2.75) is 38.1 Å². The number of aromatic nitrogens is 4. The standard InChI is InChI=1S/C13H16N4O2/c1-8(17-7-3-6-14-17)12-15-10-5-2-4-9(13(18)19)11(10)16-12/h3,6-9H,2,4-5H2,1H3,(H,15,16)(H,18,19). The predicted octanol–water partition coefficient (Wildman–Crippen LogP) is 1.72. The zero-order valence-electron chi connectivity index (χ0n) is 10.7. The number of aromatic amines is 1. The SMILES string of the molecule is CC(c1nc2c([nH]1)CCCC2C(=O)O)n1cccn1. The van der Waals surface area contributed by atoms with Gasteiger partial charge >= 0.3 is 5.97 Å². The molecular formula is C13H16N4O2. The van der Waals surface area contributed by atoms with Crippen molar-refractivity contribution in [1.82, 2.24) is 19.7 Å². The van der Waals surface area contributed by atoms with Crippen molar-refractivity contribution in [2.75, 3.05) is 0 Å². The summed E-state index contributed by atoms with van der Waals surface area (Å²) < 4.78 is 1.81. The molecule has 0 amide bonds. The molecule has 19 heavy (non-hydrogen) atoms. The first-order valence-electron chi connectivity index (χ1n) is 6.47. The summed E-state index contributed by atoms with van der Waals surface area (Å²) in [5, 5.41) is 13.4. The molecule has 0 saturated heterocycles. The van der Waals surface area contributed by atoms with Crippen LogP contribution >= 0.6 is 0 Å². The van der Waals surface area contributed by atoms with Gasteiger partial charge in [-0.1, -0.05) is 0 Å². The molecule has 6 nitrogen and oxygen atoms in total. The monoisotopic (exact) mass is 260 g/mol. The van der Waals surface area contributed by atoms with Gasteiger partial charge in [0.1, 0.15) is 17.8 Å². The van der Waals surface area contributed by atoms with Gasteiger partial charge in [0.2, 0.25) is 0 Å². The summed E-state index contributed by atoms with van der Waals surface area (Å²) in [6.45, 7) is 1.99. The lowest BCUT2D eigenvalue weighted by molar-refractivity contribution is -0.139. The molecule has 0 radical (unpaired) electrons. The fourth-order valence-corrected chi connectivity index (χ4v) is 2.62. The lowest BCUT2D eigenvalue weighted by Crippen LogP contribution is -2.17. The Morgan fingerprint density at radius 2 is 2.47 bits per heavy atom. The third-order valence-electron chi connectivity index (χ3n) is 3.69. The molecule has 2 unspecified atom stereocenters. The van der Waals surface area contributed by atoms with E-state index in [1.165, 1.54) is 0 Å². The molecule has 0 saturated carbocycles. The highest BCUT2D eigenvalue weighted by molar-refractivity contribution is 5.76. The molecule has 100 valence electrons. The lowest BCUT2D eigenvalue weighted by Gasteiger charge is -2.16. The summed E-state index contributed by atoms with van der Waals surface area (Å²) >= 11 is 0. The van der Waals surface area contributed by atoms with Gasteiger partial charge in [0.05, 0.1) is 5.69 Å². The lowest BCUT2D eigenvalue weighted by atomic mass is 9.90. The van der Waals surface area contributed by atoms with Crippen molar-refractivity contribution in [1.29, 1.82) is 0 Å². The van der Waals surface area contributed by atoms with Crippen LogP contribution in [-0.4, -0.2) is 30.8 Å². The smallest absolute Gasteiger partial charge is 0.312 e. The van der Waals surface area contributed by atoms with E-state index in [1.807, 2.05) is 19.2 Å². The van der Waals surface area contributed by atoms with Crippen molar-refractivity contribution < 1.29 is 9.90 Å². The van der Waals surface area contributed by atoms with E-state index < -0.39 is 11.9 Å². The van der Waals surface area contributed by atoms with Crippen LogP contribution in [0.4, 0.5) is 0 Å². The van der Waals surface area contributed by atoms with Crippen molar-refractivity contribution in [3.63, 3.8) is 0 Å². The van der Waals surface area contributed by atoms with E-state index >= 15 is 0 Å². The van der Waals surface area contributed by atoms with E-state index in [0.29, 0.717) is 12.1 Å². The first-order valence-corrected chi connectivity index (χ1v) is 6.47. The molecule has 2 atom stereocenters. The Morgan fingerprint density at radius 3 is 3.16 bits per heavy atom. The molecule has 2 aromatic rings. The quantitative estimate of drug-likeness (QED) is 0.880. The van der Waals surface area contributed by atoms with Crippen LogP contribution in [0.15, 0.2) is 18.5 Å². The van der Waals surface area contributed by atoms with Gasteiger partial charge in [-0.3, -0.25) is 9.48 Å². The van der Waals surface area contributed by atoms with Crippen molar-refractivity contribution in [3.05, 3.63) is 35.7 Å². The number of nitrogens with zero attached hydrogens (tertiary/aromatic N) is 3. The molecule has 2 N–H and O–H groups in total. The number of rotatable bonds is 3. The number of nitrogens with one attached hydrogen (secondary N) is 1. The van der Waals surface area contributed by atoms with Crippen molar-refractivity contribution >= 4 is 5.97 Å². The number of hydrogen-bond acceptors (Lipinski definition) is 3. The molecule has 0 aliphatic heterocycles. The van der Waals surface area contributed by atoms with Gasteiger partial charge in [-0.15, -0.1) is 0 Å². The Labute approximate surface area is 110 Å². The van der Waals surface area contributed by atoms with E-state index in [9.17, 15) is 9.90 Å². The van der Waals surface area contributed by atoms with Crippen molar-refractivity contribution in [3.8, 4) is 0 Å². The maximum atomic E-state index is 11.3. The molecule has 3 rings (SSSR count). The molecule has 0 aromatic carbocycles. The minimum atomic E-state index is -0.786. The van der Waals surface area contributed by atoms with Crippen LogP contribution < -0.4 is 0 Å². The van der Waals surface area contributed by atoms with Gasteiger partial charge in [0, 0.05) is 18.1 Å². The highest BCUT2D eigenvalue weighted by Gasteiger charge is 2.30. The molecule has 6 heteroatoms. The fourth-order valence-electron chi connectivity index (χ4n) is 2.62. The van der Waals surface area contributed by atoms with Gasteiger partial charge in [0.15, 0.2) is 0 Å². The number of aryl methyl sites for hydroxylation is 1. The Hall–Kier alpha value is -2.11.